The Kier molecular flexibility index (Phi) is 4.77. The molecule has 4 rings (SSSR count). The molecule has 0 saturated carbocycles. The lowest BCUT2D eigenvalue weighted by molar-refractivity contribution is 0.0956. The molecule has 2 aromatic carbocycles. The molecule has 1 amide bonds. The van der Waals surface area contributed by atoms with Gasteiger partial charge in [-0.1, -0.05) is 54.6 Å². The molecule has 0 radical (unpaired) electrons. The Hall–Kier alpha value is -3.31. The van der Waals surface area contributed by atoms with Crippen LogP contribution in [0.25, 0.3) is 22.2 Å². The van der Waals surface area contributed by atoms with Gasteiger partial charge < -0.3 is 0 Å². The Morgan fingerprint density at radius 2 is 1.78 bits per heavy atom. The summed E-state index contributed by atoms with van der Waals surface area (Å²) in [5, 5.41) is 7.05. The predicted octanol–water partition coefficient (Wildman–Crippen LogP) is 5.12. The monoisotopic (exact) mass is 371 g/mol. The van der Waals surface area contributed by atoms with Gasteiger partial charge in [0.1, 0.15) is 0 Å². The van der Waals surface area contributed by atoms with E-state index in [1.54, 1.807) is 11.3 Å². The van der Waals surface area contributed by atoms with Gasteiger partial charge in [0.2, 0.25) is 0 Å². The predicted molar refractivity (Wildman–Crippen MR) is 111 cm³/mol. The summed E-state index contributed by atoms with van der Waals surface area (Å²) in [6, 6.07) is 23.3. The molecule has 5 heteroatoms. The van der Waals surface area contributed by atoms with E-state index in [9.17, 15) is 4.79 Å². The van der Waals surface area contributed by atoms with E-state index in [1.807, 2.05) is 85.1 Å². The van der Waals surface area contributed by atoms with Crippen LogP contribution in [0.3, 0.4) is 0 Å². The smallest absolute Gasteiger partial charge is 0.267 e. The topological polar surface area (TPSA) is 54.4 Å². The molecular formula is C22H17N3OS. The second-order valence-electron chi connectivity index (χ2n) is 6.05. The fraction of sp³-hybridized carbons (Fsp3) is 0.0455. The van der Waals surface area contributed by atoms with Gasteiger partial charge in [0, 0.05) is 15.8 Å². The minimum atomic E-state index is -0.248. The molecule has 0 unspecified atom stereocenters. The number of pyridine rings is 1. The molecule has 4 nitrogen and oxygen atoms in total. The molecule has 0 atom stereocenters. The normalized spacial score (nSPS) is 11.5. The molecular weight excluding hydrogens is 354 g/mol. The first-order valence-corrected chi connectivity index (χ1v) is 9.44. The van der Waals surface area contributed by atoms with Crippen LogP contribution in [0.2, 0.25) is 0 Å². The number of benzene rings is 2. The van der Waals surface area contributed by atoms with Gasteiger partial charge >= 0.3 is 0 Å². The van der Waals surface area contributed by atoms with Crippen molar-refractivity contribution in [3.05, 3.63) is 88.6 Å². The van der Waals surface area contributed by atoms with Crippen molar-refractivity contribution < 1.29 is 4.79 Å². The fourth-order valence-electron chi connectivity index (χ4n) is 2.85. The zero-order valence-electron chi connectivity index (χ0n) is 14.7. The average Bonchev–Trinajstić information content (AvgIpc) is 3.26. The van der Waals surface area contributed by atoms with E-state index >= 15 is 0 Å². The number of hydrazone groups is 1. The van der Waals surface area contributed by atoms with Gasteiger partial charge in [-0.25, -0.2) is 10.4 Å². The second-order valence-corrected chi connectivity index (χ2v) is 7.00. The van der Waals surface area contributed by atoms with Crippen LogP contribution in [-0.4, -0.2) is 16.6 Å². The summed E-state index contributed by atoms with van der Waals surface area (Å²) < 4.78 is 0. The number of amides is 1. The van der Waals surface area contributed by atoms with Crippen molar-refractivity contribution in [2.24, 2.45) is 5.10 Å². The van der Waals surface area contributed by atoms with E-state index < -0.39 is 0 Å². The molecule has 2 aromatic heterocycles. The zero-order chi connectivity index (χ0) is 18.6. The Labute approximate surface area is 161 Å². The van der Waals surface area contributed by atoms with Gasteiger partial charge in [-0.2, -0.15) is 5.10 Å². The quantitative estimate of drug-likeness (QED) is 0.400. The van der Waals surface area contributed by atoms with Crippen LogP contribution in [0.15, 0.2) is 83.3 Å². The van der Waals surface area contributed by atoms with Crippen LogP contribution >= 0.6 is 11.3 Å². The van der Waals surface area contributed by atoms with Gasteiger partial charge in [0.05, 0.1) is 22.5 Å². The molecule has 0 aliphatic rings. The fourth-order valence-corrected chi connectivity index (χ4v) is 3.53. The van der Waals surface area contributed by atoms with E-state index in [4.69, 9.17) is 4.98 Å². The molecule has 0 saturated heterocycles. The standard InChI is InChI=1S/C22H17N3OS/c1-15(21-12-7-13-27-21)24-25-22(26)18-14-20(16-8-3-2-4-9-16)23-19-11-6-5-10-17(18)19/h2-14H,1H3,(H,25,26). The third-order valence-electron chi connectivity index (χ3n) is 4.23. The molecule has 2 heterocycles. The number of hydrogen-bond acceptors (Lipinski definition) is 4. The molecule has 0 aliphatic carbocycles. The van der Waals surface area contributed by atoms with Crippen molar-refractivity contribution >= 4 is 33.9 Å². The summed E-state index contributed by atoms with van der Waals surface area (Å²) in [6.07, 6.45) is 0. The number of nitrogens with one attached hydrogen (secondary N) is 1. The lowest BCUT2D eigenvalue weighted by atomic mass is 10.0. The number of fused-ring (bicyclic) bond motifs is 1. The average molecular weight is 371 g/mol. The zero-order valence-corrected chi connectivity index (χ0v) is 15.5. The highest BCUT2D eigenvalue weighted by atomic mass is 32.1. The molecule has 4 aromatic rings. The Morgan fingerprint density at radius 1 is 1.00 bits per heavy atom. The molecule has 0 bridgehead atoms. The van der Waals surface area contributed by atoms with Crippen molar-refractivity contribution in [3.63, 3.8) is 0 Å². The van der Waals surface area contributed by atoms with Crippen LogP contribution < -0.4 is 5.43 Å². The lowest BCUT2D eigenvalue weighted by Crippen LogP contribution is -2.19. The maximum atomic E-state index is 12.9. The highest BCUT2D eigenvalue weighted by molar-refractivity contribution is 7.12. The number of carbonyl (C=O) groups is 1. The Morgan fingerprint density at radius 3 is 2.56 bits per heavy atom. The first kappa shape index (κ1) is 17.1. The number of nitrogens with zero attached hydrogens (tertiary/aromatic N) is 2. The molecule has 132 valence electrons. The highest BCUT2D eigenvalue weighted by Crippen LogP contribution is 2.24. The molecule has 1 N–H and O–H groups in total. The van der Waals surface area contributed by atoms with E-state index in [0.717, 1.165) is 32.7 Å². The SMILES string of the molecule is CC(=NNC(=O)c1cc(-c2ccccc2)nc2ccccc12)c1cccs1. The van der Waals surface area contributed by atoms with Crippen molar-refractivity contribution in [2.75, 3.05) is 0 Å². The van der Waals surface area contributed by atoms with Crippen molar-refractivity contribution in [1.29, 1.82) is 0 Å². The molecule has 27 heavy (non-hydrogen) atoms. The van der Waals surface area contributed by atoms with Crippen LogP contribution in [0.5, 0.6) is 0 Å². The summed E-state index contributed by atoms with van der Waals surface area (Å²) in [7, 11) is 0. The van der Waals surface area contributed by atoms with Gasteiger partial charge in [-0.3, -0.25) is 4.79 Å². The number of hydrogen-bond donors (Lipinski definition) is 1. The molecule has 0 spiro atoms. The number of carbonyl (C=O) groups excluding carboxylic acids is 1. The van der Waals surface area contributed by atoms with Crippen LogP contribution in [0, 0.1) is 0 Å². The maximum absolute atomic E-state index is 12.9. The first-order chi connectivity index (χ1) is 13.2. The summed E-state index contributed by atoms with van der Waals surface area (Å²) in [5.41, 5.74) is 6.53. The van der Waals surface area contributed by atoms with Gasteiger partial charge in [0.25, 0.3) is 5.91 Å². The van der Waals surface area contributed by atoms with Gasteiger partial charge in [-0.05, 0) is 30.5 Å². The number of thiophene rings is 1. The minimum absolute atomic E-state index is 0.248. The number of rotatable bonds is 4. The second kappa shape index (κ2) is 7.51. The maximum Gasteiger partial charge on any atom is 0.272 e. The van der Waals surface area contributed by atoms with E-state index in [-0.39, 0.29) is 5.91 Å². The largest absolute Gasteiger partial charge is 0.272 e. The van der Waals surface area contributed by atoms with Crippen molar-refractivity contribution in [1.82, 2.24) is 10.4 Å². The lowest BCUT2D eigenvalue weighted by Gasteiger charge is -2.09. The van der Waals surface area contributed by atoms with Crippen molar-refractivity contribution in [2.45, 2.75) is 6.92 Å². The number of aromatic nitrogens is 1. The summed E-state index contributed by atoms with van der Waals surface area (Å²) in [6.45, 7) is 1.88. The minimum Gasteiger partial charge on any atom is -0.267 e. The van der Waals surface area contributed by atoms with E-state index in [0.29, 0.717) is 5.56 Å². The summed E-state index contributed by atoms with van der Waals surface area (Å²) >= 11 is 1.59. The highest BCUT2D eigenvalue weighted by Gasteiger charge is 2.13. The summed E-state index contributed by atoms with van der Waals surface area (Å²) in [5.74, 6) is -0.248. The first-order valence-electron chi connectivity index (χ1n) is 8.56. The third kappa shape index (κ3) is 3.64. The van der Waals surface area contributed by atoms with Crippen LogP contribution in [-0.2, 0) is 0 Å². The number of para-hydroxylation sites is 1. The van der Waals surface area contributed by atoms with Gasteiger partial charge in [0.15, 0.2) is 0 Å². The van der Waals surface area contributed by atoms with Crippen LogP contribution in [0.1, 0.15) is 22.2 Å². The Balaban J connectivity index is 1.73. The van der Waals surface area contributed by atoms with Crippen LogP contribution in [0.4, 0.5) is 0 Å². The van der Waals surface area contributed by atoms with E-state index in [2.05, 4.69) is 10.5 Å². The Bertz CT molecular complexity index is 1120. The third-order valence-corrected chi connectivity index (χ3v) is 5.21. The van der Waals surface area contributed by atoms with E-state index in [1.165, 1.54) is 0 Å². The van der Waals surface area contributed by atoms with Crippen molar-refractivity contribution in [3.8, 4) is 11.3 Å². The molecule has 0 aliphatic heterocycles. The van der Waals surface area contributed by atoms with Gasteiger partial charge in [-0.15, -0.1) is 11.3 Å². The molecule has 0 fully saturated rings. The summed E-state index contributed by atoms with van der Waals surface area (Å²) in [4.78, 5) is 18.6.